The van der Waals surface area contributed by atoms with E-state index in [2.05, 4.69) is 20.9 Å². The Bertz CT molecular complexity index is 324. The van der Waals surface area contributed by atoms with Gasteiger partial charge < -0.3 is 10.6 Å². The number of hydrogen-bond donors (Lipinski definition) is 2. The number of hydrogen-bond acceptors (Lipinski definition) is 4. The second-order valence-electron chi connectivity index (χ2n) is 4.01. The quantitative estimate of drug-likeness (QED) is 0.724. The molecule has 1 fully saturated rings. The molecule has 6 nitrogen and oxygen atoms in total. The average Bonchev–Trinajstić information content (AvgIpc) is 2.69. The minimum absolute atomic E-state index is 0.149. The number of nitrogens with one attached hydrogen (secondary N) is 2. The van der Waals surface area contributed by atoms with E-state index >= 15 is 0 Å². The molecular formula is C10H17N5O. The van der Waals surface area contributed by atoms with Gasteiger partial charge in [-0.3, -0.25) is 9.48 Å². The zero-order valence-corrected chi connectivity index (χ0v) is 9.22. The van der Waals surface area contributed by atoms with Crippen LogP contribution in [0.3, 0.4) is 0 Å². The van der Waals surface area contributed by atoms with E-state index in [0.29, 0.717) is 12.5 Å². The molecule has 1 aromatic heterocycles. The number of carbonyl (C=O) groups is 1. The number of carbonyl (C=O) groups excluding carboxylic acids is 1. The average molecular weight is 223 g/mol. The van der Waals surface area contributed by atoms with Gasteiger partial charge in [0.2, 0.25) is 5.91 Å². The lowest BCUT2D eigenvalue weighted by Gasteiger charge is -2.14. The number of amides is 1. The molecule has 88 valence electrons. The Morgan fingerprint density at radius 1 is 1.62 bits per heavy atom. The molecule has 2 rings (SSSR count). The first-order valence-electron chi connectivity index (χ1n) is 5.69. The Labute approximate surface area is 94.4 Å². The topological polar surface area (TPSA) is 71.8 Å². The van der Waals surface area contributed by atoms with Crippen molar-refractivity contribution in [1.29, 1.82) is 0 Å². The van der Waals surface area contributed by atoms with Crippen LogP contribution < -0.4 is 10.6 Å². The van der Waals surface area contributed by atoms with Crippen LogP contribution in [0.25, 0.3) is 0 Å². The van der Waals surface area contributed by atoms with Crippen LogP contribution in [-0.4, -0.2) is 40.0 Å². The first kappa shape index (κ1) is 11.1. The Morgan fingerprint density at radius 3 is 3.38 bits per heavy atom. The summed E-state index contributed by atoms with van der Waals surface area (Å²) in [5, 5.41) is 13.9. The highest BCUT2D eigenvalue weighted by Crippen LogP contribution is 2.05. The van der Waals surface area contributed by atoms with Gasteiger partial charge in [-0.25, -0.2) is 0 Å². The fourth-order valence-electron chi connectivity index (χ4n) is 1.88. The van der Waals surface area contributed by atoms with E-state index in [4.69, 9.17) is 0 Å². The molecular weight excluding hydrogens is 206 g/mol. The summed E-state index contributed by atoms with van der Waals surface area (Å²) in [7, 11) is 0. The first-order valence-corrected chi connectivity index (χ1v) is 5.69. The summed E-state index contributed by atoms with van der Waals surface area (Å²) in [6.45, 7) is 2.42. The standard InChI is InChI=1S/C10H17N5O/c16-10-8-9(2-1-3-12-10)11-4-6-15-7-5-13-14-15/h5,7,9,11H,1-4,6,8H2,(H,12,16). The zero-order valence-electron chi connectivity index (χ0n) is 9.22. The van der Waals surface area contributed by atoms with Crippen molar-refractivity contribution < 1.29 is 4.79 Å². The minimum atomic E-state index is 0.149. The molecule has 1 aliphatic rings. The van der Waals surface area contributed by atoms with E-state index < -0.39 is 0 Å². The highest BCUT2D eigenvalue weighted by atomic mass is 16.1. The van der Waals surface area contributed by atoms with Gasteiger partial charge in [0.05, 0.1) is 12.7 Å². The van der Waals surface area contributed by atoms with Gasteiger partial charge in [0.25, 0.3) is 0 Å². The second kappa shape index (κ2) is 5.60. The van der Waals surface area contributed by atoms with Gasteiger partial charge in [-0.05, 0) is 12.8 Å². The number of rotatable bonds is 4. The van der Waals surface area contributed by atoms with Gasteiger partial charge >= 0.3 is 0 Å². The molecule has 6 heteroatoms. The van der Waals surface area contributed by atoms with E-state index in [9.17, 15) is 4.79 Å². The maximum absolute atomic E-state index is 11.3. The van der Waals surface area contributed by atoms with Gasteiger partial charge in [0.1, 0.15) is 0 Å². The van der Waals surface area contributed by atoms with Gasteiger partial charge in [0.15, 0.2) is 0 Å². The molecule has 0 aliphatic carbocycles. The first-order chi connectivity index (χ1) is 7.84. The van der Waals surface area contributed by atoms with Gasteiger partial charge in [-0.2, -0.15) is 0 Å². The zero-order chi connectivity index (χ0) is 11.2. The molecule has 1 unspecified atom stereocenters. The SMILES string of the molecule is O=C1CC(NCCn2ccnn2)CCCN1. The van der Waals surface area contributed by atoms with Crippen LogP contribution in [0.2, 0.25) is 0 Å². The van der Waals surface area contributed by atoms with E-state index in [1.807, 2.05) is 6.20 Å². The maximum atomic E-state index is 11.3. The predicted molar refractivity (Wildman–Crippen MR) is 58.7 cm³/mol. The lowest BCUT2D eigenvalue weighted by atomic mass is 10.1. The van der Waals surface area contributed by atoms with Crippen molar-refractivity contribution >= 4 is 5.91 Å². The fraction of sp³-hybridized carbons (Fsp3) is 0.700. The summed E-state index contributed by atoms with van der Waals surface area (Å²) in [6, 6.07) is 0.297. The number of nitrogens with zero attached hydrogens (tertiary/aromatic N) is 3. The Balaban J connectivity index is 1.70. The van der Waals surface area contributed by atoms with Crippen LogP contribution in [-0.2, 0) is 11.3 Å². The summed E-state index contributed by atoms with van der Waals surface area (Å²) >= 11 is 0. The van der Waals surface area contributed by atoms with Crippen molar-refractivity contribution in [3.63, 3.8) is 0 Å². The van der Waals surface area contributed by atoms with Crippen LogP contribution in [0.15, 0.2) is 12.4 Å². The molecule has 1 amide bonds. The molecule has 0 aromatic carbocycles. The highest BCUT2D eigenvalue weighted by molar-refractivity contribution is 5.76. The van der Waals surface area contributed by atoms with E-state index in [1.165, 1.54) is 0 Å². The van der Waals surface area contributed by atoms with E-state index in [-0.39, 0.29) is 5.91 Å². The van der Waals surface area contributed by atoms with Crippen molar-refractivity contribution in [2.45, 2.75) is 31.8 Å². The third-order valence-corrected chi connectivity index (χ3v) is 2.73. The molecule has 1 saturated heterocycles. The summed E-state index contributed by atoms with van der Waals surface area (Å²) in [5.74, 6) is 0.149. The monoisotopic (exact) mass is 223 g/mol. The second-order valence-corrected chi connectivity index (χ2v) is 4.01. The van der Waals surface area contributed by atoms with E-state index in [1.54, 1.807) is 10.9 Å². The lowest BCUT2D eigenvalue weighted by Crippen LogP contribution is -2.34. The van der Waals surface area contributed by atoms with Crippen LogP contribution in [0.4, 0.5) is 0 Å². The van der Waals surface area contributed by atoms with Crippen LogP contribution in [0.1, 0.15) is 19.3 Å². The Kier molecular flexibility index (Phi) is 3.87. The molecule has 0 radical (unpaired) electrons. The molecule has 0 spiro atoms. The summed E-state index contributed by atoms with van der Waals surface area (Å²) in [5.41, 5.74) is 0. The van der Waals surface area contributed by atoms with Crippen molar-refractivity contribution in [1.82, 2.24) is 25.6 Å². The lowest BCUT2D eigenvalue weighted by molar-refractivity contribution is -0.121. The number of aromatic nitrogens is 3. The third-order valence-electron chi connectivity index (χ3n) is 2.73. The van der Waals surface area contributed by atoms with Crippen molar-refractivity contribution in [3.05, 3.63) is 12.4 Å². The molecule has 1 aromatic rings. The molecule has 2 N–H and O–H groups in total. The molecule has 1 atom stereocenters. The van der Waals surface area contributed by atoms with Crippen molar-refractivity contribution in [2.75, 3.05) is 13.1 Å². The Morgan fingerprint density at radius 2 is 2.56 bits per heavy atom. The van der Waals surface area contributed by atoms with Gasteiger partial charge in [-0.15, -0.1) is 5.10 Å². The van der Waals surface area contributed by atoms with Crippen LogP contribution >= 0.6 is 0 Å². The molecule has 0 bridgehead atoms. The summed E-state index contributed by atoms with van der Waals surface area (Å²) in [4.78, 5) is 11.3. The van der Waals surface area contributed by atoms with Crippen molar-refractivity contribution in [3.8, 4) is 0 Å². The molecule has 1 aliphatic heterocycles. The minimum Gasteiger partial charge on any atom is -0.356 e. The highest BCUT2D eigenvalue weighted by Gasteiger charge is 2.16. The summed E-state index contributed by atoms with van der Waals surface area (Å²) < 4.78 is 1.78. The maximum Gasteiger partial charge on any atom is 0.221 e. The predicted octanol–water partition coefficient (Wildman–Crippen LogP) is -0.464. The largest absolute Gasteiger partial charge is 0.356 e. The van der Waals surface area contributed by atoms with Crippen LogP contribution in [0.5, 0.6) is 0 Å². The molecule has 16 heavy (non-hydrogen) atoms. The summed E-state index contributed by atoms with van der Waals surface area (Å²) in [6.07, 6.45) is 6.18. The Hall–Kier alpha value is -1.43. The fourth-order valence-corrected chi connectivity index (χ4v) is 1.88. The van der Waals surface area contributed by atoms with Gasteiger partial charge in [-0.1, -0.05) is 5.21 Å². The van der Waals surface area contributed by atoms with E-state index in [0.717, 1.165) is 32.5 Å². The van der Waals surface area contributed by atoms with Crippen LogP contribution in [0, 0.1) is 0 Å². The smallest absolute Gasteiger partial charge is 0.221 e. The van der Waals surface area contributed by atoms with Gasteiger partial charge in [0, 0.05) is 31.7 Å². The molecule has 0 saturated carbocycles. The van der Waals surface area contributed by atoms with Crippen molar-refractivity contribution in [2.24, 2.45) is 0 Å². The normalized spacial score (nSPS) is 21.5. The molecule has 2 heterocycles. The third kappa shape index (κ3) is 3.30.